The predicted octanol–water partition coefficient (Wildman–Crippen LogP) is 1.82. The lowest BCUT2D eigenvalue weighted by Gasteiger charge is -2.07. The van der Waals surface area contributed by atoms with E-state index in [-0.39, 0.29) is 17.4 Å². The van der Waals surface area contributed by atoms with Gasteiger partial charge < -0.3 is 11.1 Å². The number of aryl methyl sites for hydroxylation is 1. The van der Waals surface area contributed by atoms with E-state index in [1.807, 2.05) is 24.3 Å². The SMILES string of the molecule is CCc1cccc(NC(N)=NCc2cccc(S(N)(=O)=O)c2)c1. The molecule has 0 amide bonds. The van der Waals surface area contributed by atoms with Crippen molar-refractivity contribution in [3.63, 3.8) is 0 Å². The molecule has 0 atom stereocenters. The Kier molecular flexibility index (Phi) is 5.36. The van der Waals surface area contributed by atoms with Crippen LogP contribution in [0, 0.1) is 0 Å². The Balaban J connectivity index is 2.07. The zero-order chi connectivity index (χ0) is 16.9. The van der Waals surface area contributed by atoms with Crippen LogP contribution in [-0.4, -0.2) is 14.4 Å². The third kappa shape index (κ3) is 5.08. The van der Waals surface area contributed by atoms with Crippen LogP contribution in [0.25, 0.3) is 0 Å². The molecule has 0 spiro atoms. The van der Waals surface area contributed by atoms with Crippen molar-refractivity contribution >= 4 is 21.7 Å². The number of primary sulfonamides is 1. The molecule has 23 heavy (non-hydrogen) atoms. The van der Waals surface area contributed by atoms with Gasteiger partial charge in [-0.3, -0.25) is 0 Å². The average molecular weight is 332 g/mol. The van der Waals surface area contributed by atoms with E-state index >= 15 is 0 Å². The molecule has 0 saturated carbocycles. The molecule has 0 aliphatic carbocycles. The van der Waals surface area contributed by atoms with Crippen molar-refractivity contribution in [3.8, 4) is 0 Å². The first kappa shape index (κ1) is 17.0. The summed E-state index contributed by atoms with van der Waals surface area (Å²) in [5, 5.41) is 8.13. The molecule has 0 saturated heterocycles. The molecule has 0 radical (unpaired) electrons. The van der Waals surface area contributed by atoms with Gasteiger partial charge in [0.05, 0.1) is 11.4 Å². The zero-order valence-corrected chi connectivity index (χ0v) is 13.7. The highest BCUT2D eigenvalue weighted by atomic mass is 32.2. The molecular formula is C16H20N4O2S. The van der Waals surface area contributed by atoms with Crippen LogP contribution in [0.5, 0.6) is 0 Å². The van der Waals surface area contributed by atoms with E-state index in [4.69, 9.17) is 10.9 Å². The minimum absolute atomic E-state index is 0.0624. The number of nitrogens with two attached hydrogens (primary N) is 2. The summed E-state index contributed by atoms with van der Waals surface area (Å²) in [4.78, 5) is 4.28. The number of sulfonamides is 1. The first-order chi connectivity index (χ1) is 10.9. The molecule has 0 aromatic heterocycles. The van der Waals surface area contributed by atoms with Crippen molar-refractivity contribution in [1.29, 1.82) is 0 Å². The topological polar surface area (TPSA) is 111 Å². The second kappa shape index (κ2) is 7.26. The summed E-state index contributed by atoms with van der Waals surface area (Å²) >= 11 is 0. The largest absolute Gasteiger partial charge is 0.370 e. The van der Waals surface area contributed by atoms with Crippen molar-refractivity contribution in [1.82, 2.24) is 0 Å². The number of aliphatic imine (C=N–C) groups is 1. The molecule has 5 N–H and O–H groups in total. The van der Waals surface area contributed by atoms with Crippen molar-refractivity contribution in [2.75, 3.05) is 5.32 Å². The molecule has 6 nitrogen and oxygen atoms in total. The molecular weight excluding hydrogens is 312 g/mol. The molecule has 0 heterocycles. The summed E-state index contributed by atoms with van der Waals surface area (Å²) < 4.78 is 22.7. The molecule has 122 valence electrons. The van der Waals surface area contributed by atoms with Crippen molar-refractivity contribution < 1.29 is 8.42 Å². The van der Waals surface area contributed by atoms with Gasteiger partial charge in [0.2, 0.25) is 10.0 Å². The number of anilines is 1. The van der Waals surface area contributed by atoms with Crippen LogP contribution in [0.1, 0.15) is 18.1 Å². The monoisotopic (exact) mass is 332 g/mol. The van der Waals surface area contributed by atoms with E-state index in [9.17, 15) is 8.42 Å². The second-order valence-electron chi connectivity index (χ2n) is 5.07. The van der Waals surface area contributed by atoms with E-state index < -0.39 is 10.0 Å². The maximum absolute atomic E-state index is 11.3. The van der Waals surface area contributed by atoms with E-state index in [0.29, 0.717) is 5.56 Å². The highest BCUT2D eigenvalue weighted by molar-refractivity contribution is 7.89. The standard InChI is InChI=1S/C16H20N4O2S/c1-2-12-5-3-7-14(9-12)20-16(17)19-11-13-6-4-8-15(10-13)23(18,21)22/h3-10H,2,11H2,1H3,(H3,17,19,20)(H2,18,21,22). The van der Waals surface area contributed by atoms with Gasteiger partial charge in [-0.2, -0.15) is 0 Å². The lowest BCUT2D eigenvalue weighted by Crippen LogP contribution is -2.22. The number of benzene rings is 2. The molecule has 0 aliphatic heterocycles. The van der Waals surface area contributed by atoms with E-state index in [0.717, 1.165) is 12.1 Å². The molecule has 2 aromatic rings. The van der Waals surface area contributed by atoms with Gasteiger partial charge in [-0.15, -0.1) is 0 Å². The number of hydrogen-bond donors (Lipinski definition) is 3. The van der Waals surface area contributed by atoms with E-state index in [1.165, 1.54) is 17.7 Å². The molecule has 7 heteroatoms. The number of rotatable bonds is 5. The first-order valence-electron chi connectivity index (χ1n) is 7.16. The minimum Gasteiger partial charge on any atom is -0.370 e. The molecule has 0 bridgehead atoms. The summed E-state index contributed by atoms with van der Waals surface area (Å²) in [5.41, 5.74) is 8.64. The minimum atomic E-state index is -3.72. The molecule has 2 aromatic carbocycles. The van der Waals surface area contributed by atoms with E-state index in [1.54, 1.807) is 12.1 Å². The van der Waals surface area contributed by atoms with E-state index in [2.05, 4.69) is 17.2 Å². The van der Waals surface area contributed by atoms with Crippen LogP contribution in [0.3, 0.4) is 0 Å². The fraction of sp³-hybridized carbons (Fsp3) is 0.188. The Morgan fingerprint density at radius 3 is 2.52 bits per heavy atom. The maximum atomic E-state index is 11.3. The number of nitrogens with one attached hydrogen (secondary N) is 1. The van der Waals surface area contributed by atoms with Gasteiger partial charge in [-0.1, -0.05) is 31.2 Å². The normalized spacial score (nSPS) is 12.2. The molecule has 0 unspecified atom stereocenters. The Hall–Kier alpha value is -2.38. The zero-order valence-electron chi connectivity index (χ0n) is 12.9. The van der Waals surface area contributed by atoms with Crippen molar-refractivity contribution in [3.05, 3.63) is 59.7 Å². The first-order valence-corrected chi connectivity index (χ1v) is 8.70. The summed E-state index contributed by atoms with van der Waals surface area (Å²) in [5.74, 6) is 0.263. The smallest absolute Gasteiger partial charge is 0.238 e. The van der Waals surface area contributed by atoms with Gasteiger partial charge in [0, 0.05) is 5.69 Å². The second-order valence-corrected chi connectivity index (χ2v) is 6.63. The fourth-order valence-corrected chi connectivity index (χ4v) is 2.64. The van der Waals surface area contributed by atoms with Gasteiger partial charge >= 0.3 is 0 Å². The lowest BCUT2D eigenvalue weighted by molar-refractivity contribution is 0.597. The third-order valence-corrected chi connectivity index (χ3v) is 4.18. The lowest BCUT2D eigenvalue weighted by atomic mass is 10.1. The van der Waals surface area contributed by atoms with Crippen LogP contribution >= 0.6 is 0 Å². The number of nitrogens with zero attached hydrogens (tertiary/aromatic N) is 1. The summed E-state index contributed by atoms with van der Waals surface area (Å²) in [6.45, 7) is 2.34. The van der Waals surface area contributed by atoms with Gasteiger partial charge in [-0.05, 0) is 41.8 Å². The predicted molar refractivity (Wildman–Crippen MR) is 92.6 cm³/mol. The Labute approximate surface area is 136 Å². The van der Waals surface area contributed by atoms with Crippen LogP contribution in [0.4, 0.5) is 5.69 Å². The Morgan fingerprint density at radius 1 is 1.13 bits per heavy atom. The Morgan fingerprint density at radius 2 is 1.83 bits per heavy atom. The summed E-state index contributed by atoms with van der Waals surface area (Å²) in [6.07, 6.45) is 0.937. The van der Waals surface area contributed by atoms with Gasteiger partial charge in [0.15, 0.2) is 5.96 Å². The van der Waals surface area contributed by atoms with Gasteiger partial charge in [-0.25, -0.2) is 18.5 Å². The Bertz CT molecular complexity index is 816. The third-order valence-electron chi connectivity index (χ3n) is 3.27. The molecule has 0 fully saturated rings. The molecule has 2 rings (SSSR count). The fourth-order valence-electron chi connectivity index (χ4n) is 2.05. The average Bonchev–Trinajstić information content (AvgIpc) is 2.52. The maximum Gasteiger partial charge on any atom is 0.238 e. The molecule has 0 aliphatic rings. The summed E-state index contributed by atoms with van der Waals surface area (Å²) in [7, 11) is -3.72. The number of guanidine groups is 1. The van der Waals surface area contributed by atoms with Crippen LogP contribution in [-0.2, 0) is 23.0 Å². The van der Waals surface area contributed by atoms with Gasteiger partial charge in [0.1, 0.15) is 0 Å². The van der Waals surface area contributed by atoms with Crippen molar-refractivity contribution in [2.24, 2.45) is 15.9 Å². The highest BCUT2D eigenvalue weighted by Crippen LogP contribution is 2.12. The van der Waals surface area contributed by atoms with Gasteiger partial charge in [0.25, 0.3) is 0 Å². The highest BCUT2D eigenvalue weighted by Gasteiger charge is 2.07. The van der Waals surface area contributed by atoms with Crippen molar-refractivity contribution in [2.45, 2.75) is 24.8 Å². The summed E-state index contributed by atoms with van der Waals surface area (Å²) in [6, 6.07) is 14.2. The van der Waals surface area contributed by atoms with Crippen LogP contribution < -0.4 is 16.2 Å². The van der Waals surface area contributed by atoms with Crippen LogP contribution in [0.15, 0.2) is 58.4 Å². The number of hydrogen-bond acceptors (Lipinski definition) is 3. The quantitative estimate of drug-likeness (QED) is 0.573. The van der Waals surface area contributed by atoms with Crippen LogP contribution in [0.2, 0.25) is 0 Å².